The SMILES string of the molecule is O.c1ccc(CCOCc2ccccc2)cc1. The summed E-state index contributed by atoms with van der Waals surface area (Å²) in [4.78, 5) is 0. The summed E-state index contributed by atoms with van der Waals surface area (Å²) in [6, 6.07) is 20.7. The molecule has 0 unspecified atom stereocenters. The van der Waals surface area contributed by atoms with Crippen LogP contribution in [-0.2, 0) is 17.8 Å². The van der Waals surface area contributed by atoms with Gasteiger partial charge in [0.1, 0.15) is 0 Å². The molecule has 2 N–H and O–H groups in total. The first-order valence-corrected chi connectivity index (χ1v) is 5.61. The number of ether oxygens (including phenoxy) is 1. The van der Waals surface area contributed by atoms with Crippen LogP contribution in [0.1, 0.15) is 11.1 Å². The van der Waals surface area contributed by atoms with E-state index in [0.29, 0.717) is 6.61 Å². The van der Waals surface area contributed by atoms with Crippen LogP contribution in [0.4, 0.5) is 0 Å². The summed E-state index contributed by atoms with van der Waals surface area (Å²) in [6.07, 6.45) is 0.980. The number of hydrogen-bond donors (Lipinski definition) is 0. The van der Waals surface area contributed by atoms with Gasteiger partial charge in [0.15, 0.2) is 0 Å². The molecular weight excluding hydrogens is 212 g/mol. The summed E-state index contributed by atoms with van der Waals surface area (Å²) < 4.78 is 5.62. The van der Waals surface area contributed by atoms with Crippen LogP contribution < -0.4 is 0 Å². The molecule has 17 heavy (non-hydrogen) atoms. The highest BCUT2D eigenvalue weighted by atomic mass is 16.5. The van der Waals surface area contributed by atoms with Crippen molar-refractivity contribution >= 4 is 0 Å². The zero-order valence-electron chi connectivity index (χ0n) is 9.80. The predicted octanol–water partition coefficient (Wildman–Crippen LogP) is 2.62. The largest absolute Gasteiger partial charge is 0.412 e. The van der Waals surface area contributed by atoms with Crippen molar-refractivity contribution in [2.75, 3.05) is 6.61 Å². The second-order valence-electron chi connectivity index (χ2n) is 3.77. The smallest absolute Gasteiger partial charge is 0.0717 e. The maximum absolute atomic E-state index is 5.62. The Morgan fingerprint density at radius 3 is 1.82 bits per heavy atom. The van der Waals surface area contributed by atoms with Gasteiger partial charge >= 0.3 is 0 Å². The Labute approximate surface area is 102 Å². The lowest BCUT2D eigenvalue weighted by molar-refractivity contribution is 0.124. The van der Waals surface area contributed by atoms with Gasteiger partial charge < -0.3 is 10.2 Å². The highest BCUT2D eigenvalue weighted by Gasteiger charge is 1.93. The summed E-state index contributed by atoms with van der Waals surface area (Å²) in [5, 5.41) is 0. The third-order valence-corrected chi connectivity index (χ3v) is 2.49. The van der Waals surface area contributed by atoms with E-state index >= 15 is 0 Å². The molecule has 0 saturated heterocycles. The molecule has 0 atom stereocenters. The Kier molecular flexibility index (Phi) is 6.00. The van der Waals surface area contributed by atoms with Crippen molar-refractivity contribution in [2.45, 2.75) is 13.0 Å². The lowest BCUT2D eigenvalue weighted by Crippen LogP contribution is -1.98. The van der Waals surface area contributed by atoms with Gasteiger partial charge in [0, 0.05) is 0 Å². The molecule has 0 aliphatic heterocycles. The monoisotopic (exact) mass is 230 g/mol. The van der Waals surface area contributed by atoms with Crippen LogP contribution in [0, 0.1) is 0 Å². The minimum absolute atomic E-state index is 0. The molecule has 0 spiro atoms. The zero-order chi connectivity index (χ0) is 11.1. The highest BCUT2D eigenvalue weighted by Crippen LogP contribution is 2.03. The van der Waals surface area contributed by atoms with E-state index in [-0.39, 0.29) is 5.48 Å². The van der Waals surface area contributed by atoms with Crippen molar-refractivity contribution in [1.29, 1.82) is 0 Å². The maximum atomic E-state index is 5.62. The van der Waals surface area contributed by atoms with Crippen LogP contribution in [0.25, 0.3) is 0 Å². The van der Waals surface area contributed by atoms with E-state index < -0.39 is 0 Å². The third kappa shape index (κ3) is 4.81. The summed E-state index contributed by atoms with van der Waals surface area (Å²) in [5.41, 5.74) is 2.56. The fourth-order valence-electron chi connectivity index (χ4n) is 1.60. The molecule has 2 nitrogen and oxygen atoms in total. The third-order valence-electron chi connectivity index (χ3n) is 2.49. The molecule has 0 aromatic heterocycles. The normalized spacial score (nSPS) is 9.65. The van der Waals surface area contributed by atoms with Crippen LogP contribution in [0.2, 0.25) is 0 Å². The van der Waals surface area contributed by atoms with Gasteiger partial charge in [-0.2, -0.15) is 0 Å². The highest BCUT2D eigenvalue weighted by molar-refractivity contribution is 5.15. The van der Waals surface area contributed by atoms with Crippen LogP contribution in [-0.4, -0.2) is 12.1 Å². The van der Waals surface area contributed by atoms with Gasteiger partial charge in [0.05, 0.1) is 13.2 Å². The Hall–Kier alpha value is -1.64. The van der Waals surface area contributed by atoms with Gasteiger partial charge in [-0.1, -0.05) is 60.7 Å². The summed E-state index contributed by atoms with van der Waals surface area (Å²) in [6.45, 7) is 1.48. The molecule has 2 heteroatoms. The molecule has 0 heterocycles. The van der Waals surface area contributed by atoms with Gasteiger partial charge in [-0.15, -0.1) is 0 Å². The number of hydrogen-bond acceptors (Lipinski definition) is 1. The molecule has 2 aromatic carbocycles. The minimum atomic E-state index is 0. The van der Waals surface area contributed by atoms with E-state index in [4.69, 9.17) is 4.74 Å². The van der Waals surface area contributed by atoms with Crippen LogP contribution in [0.3, 0.4) is 0 Å². The van der Waals surface area contributed by atoms with Crippen molar-refractivity contribution in [1.82, 2.24) is 0 Å². The first-order valence-electron chi connectivity index (χ1n) is 5.61. The van der Waals surface area contributed by atoms with Gasteiger partial charge in [-0.3, -0.25) is 0 Å². The Morgan fingerprint density at radius 2 is 1.24 bits per heavy atom. The average molecular weight is 230 g/mol. The van der Waals surface area contributed by atoms with Gasteiger partial charge in [0.25, 0.3) is 0 Å². The van der Waals surface area contributed by atoms with Gasteiger partial charge in [0.2, 0.25) is 0 Å². The summed E-state index contributed by atoms with van der Waals surface area (Å²) in [7, 11) is 0. The van der Waals surface area contributed by atoms with Crippen LogP contribution in [0.15, 0.2) is 60.7 Å². The number of rotatable bonds is 5. The quantitative estimate of drug-likeness (QED) is 0.728. The van der Waals surface area contributed by atoms with E-state index in [2.05, 4.69) is 36.4 Å². The van der Waals surface area contributed by atoms with E-state index in [0.717, 1.165) is 13.0 Å². The molecule has 0 aliphatic carbocycles. The van der Waals surface area contributed by atoms with E-state index in [9.17, 15) is 0 Å². The minimum Gasteiger partial charge on any atom is -0.412 e. The topological polar surface area (TPSA) is 40.7 Å². The average Bonchev–Trinajstić information content (AvgIpc) is 2.37. The Morgan fingerprint density at radius 1 is 0.706 bits per heavy atom. The second-order valence-corrected chi connectivity index (χ2v) is 3.77. The Balaban J connectivity index is 0.00000144. The lowest BCUT2D eigenvalue weighted by Gasteiger charge is -2.04. The van der Waals surface area contributed by atoms with Crippen molar-refractivity contribution in [3.8, 4) is 0 Å². The number of benzene rings is 2. The lowest BCUT2D eigenvalue weighted by atomic mass is 10.2. The van der Waals surface area contributed by atoms with Gasteiger partial charge in [-0.25, -0.2) is 0 Å². The van der Waals surface area contributed by atoms with Crippen molar-refractivity contribution < 1.29 is 10.2 Å². The van der Waals surface area contributed by atoms with Crippen molar-refractivity contribution in [3.63, 3.8) is 0 Å². The van der Waals surface area contributed by atoms with E-state index in [1.807, 2.05) is 24.3 Å². The molecule has 0 aliphatic rings. The van der Waals surface area contributed by atoms with Crippen molar-refractivity contribution in [2.24, 2.45) is 0 Å². The van der Waals surface area contributed by atoms with E-state index in [1.165, 1.54) is 11.1 Å². The predicted molar refractivity (Wildman–Crippen MR) is 69.9 cm³/mol. The van der Waals surface area contributed by atoms with Crippen LogP contribution in [0.5, 0.6) is 0 Å². The second kappa shape index (κ2) is 7.60. The Bertz CT molecular complexity index is 356. The maximum Gasteiger partial charge on any atom is 0.0717 e. The molecule has 90 valence electrons. The van der Waals surface area contributed by atoms with Gasteiger partial charge in [-0.05, 0) is 17.5 Å². The first kappa shape index (κ1) is 13.4. The summed E-state index contributed by atoms with van der Waals surface area (Å²) >= 11 is 0. The molecule has 0 amide bonds. The fourth-order valence-corrected chi connectivity index (χ4v) is 1.60. The molecule has 0 radical (unpaired) electrons. The molecule has 2 aromatic rings. The van der Waals surface area contributed by atoms with E-state index in [1.54, 1.807) is 0 Å². The van der Waals surface area contributed by atoms with Crippen LogP contribution >= 0.6 is 0 Å². The zero-order valence-corrected chi connectivity index (χ0v) is 9.80. The molecule has 2 rings (SSSR count). The first-order chi connectivity index (χ1) is 7.95. The van der Waals surface area contributed by atoms with Crippen molar-refractivity contribution in [3.05, 3.63) is 71.8 Å². The molecule has 0 saturated carbocycles. The molecular formula is C15H18O2. The molecule has 0 fully saturated rings. The summed E-state index contributed by atoms with van der Waals surface area (Å²) in [5.74, 6) is 0. The standard InChI is InChI=1S/C15H16O.H2O/c1-3-7-14(8-4-1)11-12-16-13-15-9-5-2-6-10-15;/h1-10H,11-13H2;1H2. The molecule has 0 bridgehead atoms. The fraction of sp³-hybridized carbons (Fsp3) is 0.200.